The molecular weight excluding hydrogens is 292 g/mol. The number of aliphatic carboxylic acids is 1. The second kappa shape index (κ2) is 7.14. The number of methoxy groups -OCH3 is 1. The van der Waals surface area contributed by atoms with Crippen LogP contribution >= 0.6 is 11.3 Å². The summed E-state index contributed by atoms with van der Waals surface area (Å²) in [5.41, 5.74) is 0.934. The molecule has 0 bridgehead atoms. The van der Waals surface area contributed by atoms with Crippen molar-refractivity contribution in [3.05, 3.63) is 29.3 Å². The Balaban J connectivity index is 1.82. The zero-order valence-corrected chi connectivity index (χ0v) is 12.4. The monoisotopic (exact) mass is 308 g/mol. The zero-order chi connectivity index (χ0) is 15.2. The van der Waals surface area contributed by atoms with Gasteiger partial charge in [0, 0.05) is 20.0 Å². The number of carbonyl (C=O) groups excluding carboxylic acids is 1. The largest absolute Gasteiger partial charge is 0.479 e. The first-order valence-electron chi connectivity index (χ1n) is 6.47. The lowest BCUT2D eigenvalue weighted by Crippen LogP contribution is -2.37. The number of carboxylic acid groups (broad SMARTS) is 1. The first-order valence-corrected chi connectivity index (χ1v) is 7.28. The maximum atomic E-state index is 11.7. The first kappa shape index (κ1) is 15.4. The molecule has 1 heterocycles. The summed E-state index contributed by atoms with van der Waals surface area (Å²) in [4.78, 5) is 26.9. The van der Waals surface area contributed by atoms with Gasteiger partial charge in [0.15, 0.2) is 6.10 Å². The molecule has 0 saturated heterocycles. The predicted octanol–water partition coefficient (Wildman–Crippen LogP) is 1.44. The molecule has 2 N–H and O–H groups in total. The molecule has 0 radical (unpaired) electrons. The van der Waals surface area contributed by atoms with E-state index in [-0.39, 0.29) is 18.9 Å². The van der Waals surface area contributed by atoms with Crippen LogP contribution in [-0.4, -0.2) is 41.7 Å². The number of carboxylic acids is 1. The molecule has 1 aromatic heterocycles. The average molecular weight is 308 g/mol. The van der Waals surface area contributed by atoms with Crippen LogP contribution in [0.3, 0.4) is 0 Å². The smallest absolute Gasteiger partial charge is 0.334 e. The van der Waals surface area contributed by atoms with Gasteiger partial charge in [0.05, 0.1) is 21.8 Å². The Bertz CT molecular complexity index is 608. The third-order valence-electron chi connectivity index (χ3n) is 2.95. The molecule has 0 saturated carbocycles. The number of nitrogens with zero attached hydrogens (tertiary/aromatic N) is 1. The van der Waals surface area contributed by atoms with E-state index in [0.29, 0.717) is 6.42 Å². The number of ether oxygens (including phenoxy) is 1. The van der Waals surface area contributed by atoms with Crippen molar-refractivity contribution >= 4 is 33.4 Å². The predicted molar refractivity (Wildman–Crippen MR) is 79.4 cm³/mol. The Kier molecular flexibility index (Phi) is 5.24. The topological polar surface area (TPSA) is 88.5 Å². The van der Waals surface area contributed by atoms with Crippen LogP contribution < -0.4 is 5.32 Å². The summed E-state index contributed by atoms with van der Waals surface area (Å²) < 4.78 is 5.84. The Morgan fingerprint density at radius 3 is 2.86 bits per heavy atom. The number of fused-ring (bicyclic) bond motifs is 1. The maximum Gasteiger partial charge on any atom is 0.334 e. The zero-order valence-electron chi connectivity index (χ0n) is 11.5. The number of thiazole rings is 1. The normalized spacial score (nSPS) is 12.2. The molecule has 0 aliphatic rings. The molecule has 7 heteroatoms. The molecule has 112 valence electrons. The minimum absolute atomic E-state index is 0.0372. The molecule has 2 rings (SSSR count). The van der Waals surface area contributed by atoms with Crippen molar-refractivity contribution in [3.8, 4) is 0 Å². The Labute approximate surface area is 125 Å². The molecule has 0 fully saturated rings. The number of rotatable bonds is 7. The molecule has 2 aromatic rings. The highest BCUT2D eigenvalue weighted by molar-refractivity contribution is 7.18. The van der Waals surface area contributed by atoms with Gasteiger partial charge < -0.3 is 15.2 Å². The fourth-order valence-electron chi connectivity index (χ4n) is 1.81. The quantitative estimate of drug-likeness (QED) is 0.808. The van der Waals surface area contributed by atoms with E-state index in [1.165, 1.54) is 7.11 Å². The van der Waals surface area contributed by atoms with Gasteiger partial charge in [-0.05, 0) is 12.1 Å². The van der Waals surface area contributed by atoms with Crippen molar-refractivity contribution in [1.82, 2.24) is 10.3 Å². The standard InChI is InChI=1S/C14H16N2O4S/c1-20-10(14(18)19)8-15-12(17)6-7-13-16-9-4-2-3-5-11(9)21-13/h2-5,10H,6-8H2,1H3,(H,15,17)(H,18,19). The van der Waals surface area contributed by atoms with Crippen LogP contribution in [0, 0.1) is 0 Å². The number of para-hydroxylation sites is 1. The summed E-state index contributed by atoms with van der Waals surface area (Å²) in [5.74, 6) is -1.30. The molecule has 1 aromatic carbocycles. The van der Waals surface area contributed by atoms with E-state index < -0.39 is 12.1 Å². The van der Waals surface area contributed by atoms with Crippen LogP contribution in [0.4, 0.5) is 0 Å². The second-order valence-electron chi connectivity index (χ2n) is 4.44. The van der Waals surface area contributed by atoms with E-state index in [0.717, 1.165) is 15.2 Å². The molecular formula is C14H16N2O4S. The Morgan fingerprint density at radius 1 is 1.43 bits per heavy atom. The molecule has 1 unspecified atom stereocenters. The highest BCUT2D eigenvalue weighted by Crippen LogP contribution is 2.22. The van der Waals surface area contributed by atoms with E-state index in [2.05, 4.69) is 10.3 Å². The van der Waals surface area contributed by atoms with E-state index in [9.17, 15) is 9.59 Å². The van der Waals surface area contributed by atoms with Crippen molar-refractivity contribution in [3.63, 3.8) is 0 Å². The first-order chi connectivity index (χ1) is 10.1. The van der Waals surface area contributed by atoms with Gasteiger partial charge in [-0.15, -0.1) is 11.3 Å². The minimum Gasteiger partial charge on any atom is -0.479 e. The fraction of sp³-hybridized carbons (Fsp3) is 0.357. The molecule has 1 atom stereocenters. The molecule has 1 amide bonds. The lowest BCUT2D eigenvalue weighted by molar-refractivity contribution is -0.148. The lowest BCUT2D eigenvalue weighted by Gasteiger charge is -2.11. The van der Waals surface area contributed by atoms with E-state index >= 15 is 0 Å². The molecule has 0 spiro atoms. The summed E-state index contributed by atoms with van der Waals surface area (Å²) in [6, 6.07) is 7.81. The van der Waals surface area contributed by atoms with Gasteiger partial charge in [0.25, 0.3) is 0 Å². The third kappa shape index (κ3) is 4.24. The minimum atomic E-state index is -1.09. The van der Waals surface area contributed by atoms with Crippen molar-refractivity contribution in [2.75, 3.05) is 13.7 Å². The molecule has 6 nitrogen and oxygen atoms in total. The van der Waals surface area contributed by atoms with Gasteiger partial charge in [-0.25, -0.2) is 9.78 Å². The molecule has 0 aliphatic carbocycles. The number of hydrogen-bond donors (Lipinski definition) is 2. The Hall–Kier alpha value is -1.99. The SMILES string of the molecule is COC(CNC(=O)CCc1nc2ccccc2s1)C(=O)O. The van der Waals surface area contributed by atoms with Crippen LogP contribution in [0.5, 0.6) is 0 Å². The summed E-state index contributed by atoms with van der Waals surface area (Å²) in [6.45, 7) is -0.0372. The van der Waals surface area contributed by atoms with Gasteiger partial charge in [0.2, 0.25) is 5.91 Å². The second-order valence-corrected chi connectivity index (χ2v) is 5.56. The number of aryl methyl sites for hydroxylation is 1. The number of benzene rings is 1. The fourth-order valence-corrected chi connectivity index (χ4v) is 2.78. The summed E-state index contributed by atoms with van der Waals surface area (Å²) in [6.07, 6.45) is -0.206. The highest BCUT2D eigenvalue weighted by atomic mass is 32.1. The number of hydrogen-bond acceptors (Lipinski definition) is 5. The lowest BCUT2D eigenvalue weighted by atomic mass is 10.3. The number of nitrogens with one attached hydrogen (secondary N) is 1. The van der Waals surface area contributed by atoms with Crippen molar-refractivity contribution in [1.29, 1.82) is 0 Å². The number of carbonyl (C=O) groups is 2. The Morgan fingerprint density at radius 2 is 2.19 bits per heavy atom. The van der Waals surface area contributed by atoms with Crippen molar-refractivity contribution in [2.24, 2.45) is 0 Å². The van der Waals surface area contributed by atoms with Gasteiger partial charge in [-0.3, -0.25) is 4.79 Å². The third-order valence-corrected chi connectivity index (χ3v) is 4.04. The van der Waals surface area contributed by atoms with Crippen LogP contribution in [0.25, 0.3) is 10.2 Å². The molecule has 0 aliphatic heterocycles. The summed E-state index contributed by atoms with van der Waals surface area (Å²) in [5, 5.41) is 12.2. The number of amides is 1. The van der Waals surface area contributed by atoms with Crippen LogP contribution in [0.2, 0.25) is 0 Å². The number of aromatic nitrogens is 1. The van der Waals surface area contributed by atoms with Crippen molar-refractivity contribution < 1.29 is 19.4 Å². The van der Waals surface area contributed by atoms with Gasteiger partial charge in [-0.2, -0.15) is 0 Å². The van der Waals surface area contributed by atoms with Crippen LogP contribution in [-0.2, 0) is 20.7 Å². The summed E-state index contributed by atoms with van der Waals surface area (Å²) in [7, 11) is 1.30. The van der Waals surface area contributed by atoms with E-state index in [1.54, 1.807) is 11.3 Å². The van der Waals surface area contributed by atoms with Crippen LogP contribution in [0.1, 0.15) is 11.4 Å². The summed E-state index contributed by atoms with van der Waals surface area (Å²) >= 11 is 1.56. The van der Waals surface area contributed by atoms with Gasteiger partial charge in [-0.1, -0.05) is 12.1 Å². The average Bonchev–Trinajstić information content (AvgIpc) is 2.88. The van der Waals surface area contributed by atoms with Gasteiger partial charge in [0.1, 0.15) is 0 Å². The maximum absolute atomic E-state index is 11.7. The van der Waals surface area contributed by atoms with Crippen LogP contribution in [0.15, 0.2) is 24.3 Å². The van der Waals surface area contributed by atoms with E-state index in [1.807, 2.05) is 24.3 Å². The highest BCUT2D eigenvalue weighted by Gasteiger charge is 2.17. The van der Waals surface area contributed by atoms with Gasteiger partial charge >= 0.3 is 5.97 Å². The van der Waals surface area contributed by atoms with Crippen molar-refractivity contribution in [2.45, 2.75) is 18.9 Å². The molecule has 21 heavy (non-hydrogen) atoms. The van der Waals surface area contributed by atoms with E-state index in [4.69, 9.17) is 9.84 Å².